The number of hydrogen-bond acceptors (Lipinski definition) is 2. The minimum Gasteiger partial charge on any atom is -0.340 e. The fourth-order valence-corrected chi connectivity index (χ4v) is 3.60. The molecule has 0 spiro atoms. The lowest BCUT2D eigenvalue weighted by Gasteiger charge is -2.27. The van der Waals surface area contributed by atoms with E-state index in [2.05, 4.69) is 34.2 Å². The first kappa shape index (κ1) is 14.9. The molecular weight excluding hydrogens is 298 g/mol. The van der Waals surface area contributed by atoms with Crippen LogP contribution in [0.3, 0.4) is 0 Å². The van der Waals surface area contributed by atoms with Crippen LogP contribution >= 0.6 is 0 Å². The van der Waals surface area contributed by atoms with Crippen LogP contribution < -0.4 is 0 Å². The minimum absolute atomic E-state index is 0.0780. The Morgan fingerprint density at radius 3 is 2.75 bits per heavy atom. The molecule has 24 heavy (non-hydrogen) atoms. The lowest BCUT2D eigenvalue weighted by molar-refractivity contribution is -0.135. The standard InChI is InChI=1S/C20H21N3O/c1-23(13-19-21-17-8-4-5-9-18(17)22-19)20(24)16-11-10-14-6-2-3-7-15(14)12-16/h2-9,16H,10-13H2,1H3,(H,21,22)/t16-/m1/s1. The lowest BCUT2D eigenvalue weighted by atomic mass is 9.83. The summed E-state index contributed by atoms with van der Waals surface area (Å²) in [6.07, 6.45) is 2.77. The van der Waals surface area contributed by atoms with Crippen LogP contribution in [-0.4, -0.2) is 27.8 Å². The van der Waals surface area contributed by atoms with Crippen molar-refractivity contribution in [2.45, 2.75) is 25.8 Å². The third-order valence-electron chi connectivity index (χ3n) is 4.90. The van der Waals surface area contributed by atoms with Gasteiger partial charge in [0.2, 0.25) is 5.91 Å². The van der Waals surface area contributed by atoms with E-state index in [1.165, 1.54) is 11.1 Å². The summed E-state index contributed by atoms with van der Waals surface area (Å²) in [5.41, 5.74) is 4.67. The summed E-state index contributed by atoms with van der Waals surface area (Å²) in [6, 6.07) is 16.4. The van der Waals surface area contributed by atoms with Gasteiger partial charge >= 0.3 is 0 Å². The van der Waals surface area contributed by atoms with Gasteiger partial charge in [-0.25, -0.2) is 4.98 Å². The van der Waals surface area contributed by atoms with Gasteiger partial charge in [0.25, 0.3) is 0 Å². The molecule has 3 aromatic rings. The second kappa shape index (κ2) is 6.11. The van der Waals surface area contributed by atoms with Crippen LogP contribution in [0.4, 0.5) is 0 Å². The molecule has 1 aromatic heterocycles. The van der Waals surface area contributed by atoms with Crippen LogP contribution in [0.25, 0.3) is 11.0 Å². The molecule has 0 fully saturated rings. The molecule has 1 amide bonds. The van der Waals surface area contributed by atoms with Crippen molar-refractivity contribution in [1.29, 1.82) is 0 Å². The van der Waals surface area contributed by atoms with Crippen molar-refractivity contribution in [1.82, 2.24) is 14.9 Å². The molecule has 1 aliphatic rings. The van der Waals surface area contributed by atoms with Gasteiger partial charge in [0.05, 0.1) is 17.6 Å². The first-order valence-electron chi connectivity index (χ1n) is 8.46. The van der Waals surface area contributed by atoms with E-state index in [1.54, 1.807) is 4.90 Å². The second-order valence-corrected chi connectivity index (χ2v) is 6.60. The van der Waals surface area contributed by atoms with Crippen LogP contribution in [-0.2, 0) is 24.2 Å². The Bertz CT molecular complexity index is 850. The zero-order chi connectivity index (χ0) is 16.5. The average Bonchev–Trinajstić information content (AvgIpc) is 3.02. The molecule has 0 unspecified atom stereocenters. The highest BCUT2D eigenvalue weighted by Gasteiger charge is 2.27. The molecule has 4 heteroatoms. The van der Waals surface area contributed by atoms with E-state index >= 15 is 0 Å². The molecule has 0 aliphatic heterocycles. The summed E-state index contributed by atoms with van der Waals surface area (Å²) in [5.74, 6) is 1.13. The van der Waals surface area contributed by atoms with E-state index in [9.17, 15) is 4.79 Å². The predicted octanol–water partition coefficient (Wildman–Crippen LogP) is 3.33. The monoisotopic (exact) mass is 319 g/mol. The topological polar surface area (TPSA) is 49.0 Å². The van der Waals surface area contributed by atoms with E-state index in [0.29, 0.717) is 6.54 Å². The van der Waals surface area contributed by atoms with Gasteiger partial charge < -0.3 is 9.88 Å². The summed E-state index contributed by atoms with van der Waals surface area (Å²) in [7, 11) is 1.87. The number of aromatic nitrogens is 2. The minimum atomic E-state index is 0.0780. The smallest absolute Gasteiger partial charge is 0.226 e. The number of H-pyrrole nitrogens is 1. The Kier molecular flexibility index (Phi) is 3.81. The fourth-order valence-electron chi connectivity index (χ4n) is 3.60. The number of aromatic amines is 1. The number of benzene rings is 2. The summed E-state index contributed by atoms with van der Waals surface area (Å²) in [6.45, 7) is 0.520. The summed E-state index contributed by atoms with van der Waals surface area (Å²) in [5, 5.41) is 0. The van der Waals surface area contributed by atoms with Crippen molar-refractivity contribution in [3.05, 3.63) is 65.5 Å². The number of carbonyl (C=O) groups is 1. The van der Waals surface area contributed by atoms with Crippen molar-refractivity contribution < 1.29 is 4.79 Å². The summed E-state index contributed by atoms with van der Waals surface area (Å²) < 4.78 is 0. The number of hydrogen-bond donors (Lipinski definition) is 1. The first-order valence-corrected chi connectivity index (χ1v) is 8.46. The van der Waals surface area contributed by atoms with Gasteiger partial charge in [0.1, 0.15) is 5.82 Å². The number of imidazole rings is 1. The maximum atomic E-state index is 12.8. The Morgan fingerprint density at radius 1 is 1.17 bits per heavy atom. The van der Waals surface area contributed by atoms with Crippen LogP contribution in [0, 0.1) is 5.92 Å². The Morgan fingerprint density at radius 2 is 1.92 bits per heavy atom. The van der Waals surface area contributed by atoms with Gasteiger partial charge in [-0.05, 0) is 42.5 Å². The maximum absolute atomic E-state index is 12.8. The lowest BCUT2D eigenvalue weighted by Crippen LogP contribution is -2.35. The highest BCUT2D eigenvalue weighted by molar-refractivity contribution is 5.79. The van der Waals surface area contributed by atoms with Crippen molar-refractivity contribution >= 4 is 16.9 Å². The third kappa shape index (κ3) is 2.80. The zero-order valence-electron chi connectivity index (χ0n) is 13.8. The number of amides is 1. The number of aryl methyl sites for hydroxylation is 1. The Labute approximate surface area is 141 Å². The number of rotatable bonds is 3. The van der Waals surface area contributed by atoms with Gasteiger partial charge in [-0.1, -0.05) is 36.4 Å². The molecule has 1 heterocycles. The van der Waals surface area contributed by atoms with E-state index in [-0.39, 0.29) is 11.8 Å². The van der Waals surface area contributed by atoms with Crippen molar-refractivity contribution in [3.8, 4) is 0 Å². The second-order valence-electron chi connectivity index (χ2n) is 6.60. The van der Waals surface area contributed by atoms with E-state index in [4.69, 9.17) is 0 Å². The molecule has 1 aliphatic carbocycles. The molecule has 0 saturated carbocycles. The molecule has 1 N–H and O–H groups in total. The Balaban J connectivity index is 1.46. The van der Waals surface area contributed by atoms with Gasteiger partial charge in [-0.3, -0.25) is 4.79 Å². The molecule has 0 radical (unpaired) electrons. The highest BCUT2D eigenvalue weighted by atomic mass is 16.2. The first-order chi connectivity index (χ1) is 11.7. The van der Waals surface area contributed by atoms with E-state index < -0.39 is 0 Å². The van der Waals surface area contributed by atoms with Crippen LogP contribution in [0.15, 0.2) is 48.5 Å². The molecule has 122 valence electrons. The molecular formula is C20H21N3O. The normalized spacial score (nSPS) is 16.8. The number of carbonyl (C=O) groups excluding carboxylic acids is 1. The highest BCUT2D eigenvalue weighted by Crippen LogP contribution is 2.26. The SMILES string of the molecule is CN(Cc1nc2ccccc2[nH]1)C(=O)[C@@H]1CCc2ccccc2C1. The van der Waals surface area contributed by atoms with E-state index in [0.717, 1.165) is 36.1 Å². The number of para-hydroxylation sites is 2. The molecule has 4 rings (SSSR count). The number of fused-ring (bicyclic) bond motifs is 2. The van der Waals surface area contributed by atoms with Crippen LogP contribution in [0.5, 0.6) is 0 Å². The molecule has 1 atom stereocenters. The maximum Gasteiger partial charge on any atom is 0.226 e. The fraction of sp³-hybridized carbons (Fsp3) is 0.300. The number of nitrogens with zero attached hydrogens (tertiary/aromatic N) is 2. The molecule has 0 bridgehead atoms. The molecule has 4 nitrogen and oxygen atoms in total. The molecule has 2 aromatic carbocycles. The number of nitrogens with one attached hydrogen (secondary N) is 1. The van der Waals surface area contributed by atoms with Gasteiger partial charge in [-0.2, -0.15) is 0 Å². The average molecular weight is 319 g/mol. The van der Waals surface area contributed by atoms with Gasteiger partial charge in [-0.15, -0.1) is 0 Å². The van der Waals surface area contributed by atoms with Crippen molar-refractivity contribution in [2.75, 3.05) is 7.05 Å². The largest absolute Gasteiger partial charge is 0.340 e. The quantitative estimate of drug-likeness (QED) is 0.805. The van der Waals surface area contributed by atoms with Crippen molar-refractivity contribution in [3.63, 3.8) is 0 Å². The summed E-state index contributed by atoms with van der Waals surface area (Å²) >= 11 is 0. The Hall–Kier alpha value is -2.62. The third-order valence-corrected chi connectivity index (χ3v) is 4.90. The van der Waals surface area contributed by atoms with Gasteiger partial charge in [0, 0.05) is 13.0 Å². The predicted molar refractivity (Wildman–Crippen MR) is 94.5 cm³/mol. The summed E-state index contributed by atoms with van der Waals surface area (Å²) in [4.78, 5) is 22.5. The van der Waals surface area contributed by atoms with E-state index in [1.807, 2.05) is 31.3 Å². The zero-order valence-corrected chi connectivity index (χ0v) is 13.8. The van der Waals surface area contributed by atoms with Crippen molar-refractivity contribution in [2.24, 2.45) is 5.92 Å². The molecule has 0 saturated heterocycles. The van der Waals surface area contributed by atoms with Crippen LogP contribution in [0.2, 0.25) is 0 Å². The van der Waals surface area contributed by atoms with Gasteiger partial charge in [0.15, 0.2) is 0 Å². The van der Waals surface area contributed by atoms with Crippen LogP contribution in [0.1, 0.15) is 23.4 Å².